The van der Waals surface area contributed by atoms with Gasteiger partial charge in [0.1, 0.15) is 0 Å². The summed E-state index contributed by atoms with van der Waals surface area (Å²) >= 11 is 5.78. The van der Waals surface area contributed by atoms with E-state index in [9.17, 15) is 13.2 Å². The minimum atomic E-state index is -4.56. The molecule has 1 fully saturated rings. The molecular weight excluding hydrogens is 395 g/mol. The molecule has 1 aliphatic heterocycles. The van der Waals surface area contributed by atoms with Gasteiger partial charge in [0.15, 0.2) is 5.82 Å². The number of hydrogen-bond donors (Lipinski definition) is 0. The lowest BCUT2D eigenvalue weighted by Crippen LogP contribution is -2.35. The van der Waals surface area contributed by atoms with Crippen LogP contribution in [0.25, 0.3) is 5.69 Å². The number of aromatic nitrogens is 4. The first-order valence-electron chi connectivity index (χ1n) is 8.98. The average molecular weight is 418 g/mol. The summed E-state index contributed by atoms with van der Waals surface area (Å²) in [5.74, 6) is 0.359. The summed E-state index contributed by atoms with van der Waals surface area (Å²) < 4.78 is 41.6. The van der Waals surface area contributed by atoms with Gasteiger partial charge in [0.25, 0.3) is 0 Å². The molecule has 11 heteroatoms. The van der Waals surface area contributed by atoms with Crippen LogP contribution in [0.5, 0.6) is 0 Å². The van der Waals surface area contributed by atoms with E-state index < -0.39 is 11.7 Å². The predicted octanol–water partition coefficient (Wildman–Crippen LogP) is 2.01. The Balaban J connectivity index is 1.86. The highest BCUT2D eigenvalue weighted by Gasteiger charge is 2.35. The average Bonchev–Trinajstić information content (AvgIpc) is 3.10. The third-order valence-electron chi connectivity index (χ3n) is 4.85. The standard InChI is InChI=1S/C17H23ClF3N7/c1-25-5-6-26(2)8-10-27(9-7-25)12-16-22-23-24-28(16)15-4-3-13(18)11-14(15)17(19,20)21/h3-4,11H,5-10,12H2,1-2H3. The first-order chi connectivity index (χ1) is 13.2. The highest BCUT2D eigenvalue weighted by Crippen LogP contribution is 2.35. The molecule has 0 atom stereocenters. The van der Waals surface area contributed by atoms with Crippen LogP contribution in [-0.2, 0) is 12.7 Å². The number of hydrogen-bond acceptors (Lipinski definition) is 6. The number of benzene rings is 1. The lowest BCUT2D eigenvalue weighted by Gasteiger charge is -2.23. The van der Waals surface area contributed by atoms with Crippen molar-refractivity contribution in [3.8, 4) is 5.69 Å². The molecule has 1 aromatic heterocycles. The summed E-state index contributed by atoms with van der Waals surface area (Å²) in [4.78, 5) is 6.63. The van der Waals surface area contributed by atoms with E-state index in [1.165, 1.54) is 12.1 Å². The fourth-order valence-electron chi connectivity index (χ4n) is 3.07. The van der Waals surface area contributed by atoms with E-state index in [0.29, 0.717) is 12.4 Å². The smallest absolute Gasteiger partial charge is 0.304 e. The second kappa shape index (κ2) is 8.73. The Morgan fingerprint density at radius 3 is 2.21 bits per heavy atom. The van der Waals surface area contributed by atoms with Crippen molar-refractivity contribution >= 4 is 11.6 Å². The van der Waals surface area contributed by atoms with Gasteiger partial charge in [-0.25, -0.2) is 0 Å². The number of alkyl halides is 3. The number of tetrazole rings is 1. The van der Waals surface area contributed by atoms with Gasteiger partial charge in [-0.05, 0) is 42.7 Å². The van der Waals surface area contributed by atoms with Gasteiger partial charge in [-0.15, -0.1) is 5.10 Å². The van der Waals surface area contributed by atoms with Crippen LogP contribution in [0.4, 0.5) is 13.2 Å². The molecule has 3 rings (SSSR count). The largest absolute Gasteiger partial charge is 0.418 e. The maximum Gasteiger partial charge on any atom is 0.418 e. The highest BCUT2D eigenvalue weighted by atomic mass is 35.5. The molecule has 154 valence electrons. The van der Waals surface area contributed by atoms with E-state index in [2.05, 4.69) is 44.3 Å². The maximum absolute atomic E-state index is 13.5. The van der Waals surface area contributed by atoms with Crippen molar-refractivity contribution in [3.05, 3.63) is 34.6 Å². The Labute approximate surface area is 166 Å². The maximum atomic E-state index is 13.5. The van der Waals surface area contributed by atoms with Crippen LogP contribution in [0, 0.1) is 0 Å². The fraction of sp³-hybridized carbons (Fsp3) is 0.588. The van der Waals surface area contributed by atoms with Gasteiger partial charge in [-0.3, -0.25) is 4.90 Å². The Morgan fingerprint density at radius 1 is 1.00 bits per heavy atom. The molecule has 1 saturated heterocycles. The molecule has 0 aliphatic carbocycles. The lowest BCUT2D eigenvalue weighted by atomic mass is 10.1. The second-order valence-corrected chi connectivity index (χ2v) is 7.49. The van der Waals surface area contributed by atoms with Gasteiger partial charge < -0.3 is 9.80 Å². The second-order valence-electron chi connectivity index (χ2n) is 7.05. The first-order valence-corrected chi connectivity index (χ1v) is 9.35. The van der Waals surface area contributed by atoms with Crippen LogP contribution in [0.3, 0.4) is 0 Å². The van der Waals surface area contributed by atoms with Gasteiger partial charge in [-0.1, -0.05) is 11.6 Å². The van der Waals surface area contributed by atoms with Gasteiger partial charge in [0, 0.05) is 44.3 Å². The quantitative estimate of drug-likeness (QED) is 0.761. The third-order valence-corrected chi connectivity index (χ3v) is 5.09. The lowest BCUT2D eigenvalue weighted by molar-refractivity contribution is -0.137. The summed E-state index contributed by atoms with van der Waals surface area (Å²) in [6.45, 7) is 5.60. The van der Waals surface area contributed by atoms with Gasteiger partial charge >= 0.3 is 6.18 Å². The molecule has 0 radical (unpaired) electrons. The molecule has 1 aliphatic rings. The molecule has 0 amide bonds. The summed E-state index contributed by atoms with van der Waals surface area (Å²) in [7, 11) is 4.12. The van der Waals surface area contributed by atoms with E-state index in [1.807, 2.05) is 0 Å². The van der Waals surface area contributed by atoms with Gasteiger partial charge in [-0.2, -0.15) is 17.9 Å². The molecule has 0 bridgehead atoms. The van der Waals surface area contributed by atoms with E-state index >= 15 is 0 Å². The van der Waals surface area contributed by atoms with Crippen LogP contribution < -0.4 is 0 Å². The topological polar surface area (TPSA) is 53.3 Å². The van der Waals surface area contributed by atoms with Crippen molar-refractivity contribution in [2.75, 3.05) is 53.4 Å². The molecule has 0 N–H and O–H groups in total. The Morgan fingerprint density at radius 2 is 1.61 bits per heavy atom. The Bertz CT molecular complexity index is 781. The van der Waals surface area contributed by atoms with Crippen molar-refractivity contribution in [2.45, 2.75) is 12.7 Å². The zero-order chi connectivity index (χ0) is 20.3. The minimum absolute atomic E-state index is 0.0109. The van der Waals surface area contributed by atoms with Crippen molar-refractivity contribution < 1.29 is 13.2 Å². The van der Waals surface area contributed by atoms with Crippen LogP contribution in [0.15, 0.2) is 18.2 Å². The van der Waals surface area contributed by atoms with Crippen molar-refractivity contribution in [1.82, 2.24) is 34.9 Å². The van der Waals surface area contributed by atoms with Crippen molar-refractivity contribution in [2.24, 2.45) is 0 Å². The molecule has 0 saturated carbocycles. The van der Waals surface area contributed by atoms with Crippen LogP contribution in [-0.4, -0.2) is 88.3 Å². The minimum Gasteiger partial charge on any atom is -0.304 e. The number of likely N-dealkylation sites (N-methyl/N-ethyl adjacent to an activating group) is 2. The normalized spacial score (nSPS) is 18.6. The number of halogens is 4. The van der Waals surface area contributed by atoms with Crippen molar-refractivity contribution in [3.63, 3.8) is 0 Å². The SMILES string of the molecule is CN1CCN(C)CCN(Cc2nnnn2-c2ccc(Cl)cc2C(F)(F)F)CC1. The Hall–Kier alpha value is -1.75. The summed E-state index contributed by atoms with van der Waals surface area (Å²) in [6.07, 6.45) is -4.56. The zero-order valence-corrected chi connectivity index (χ0v) is 16.6. The number of nitrogens with zero attached hydrogens (tertiary/aromatic N) is 7. The van der Waals surface area contributed by atoms with Gasteiger partial charge in [0.05, 0.1) is 17.8 Å². The summed E-state index contributed by atoms with van der Waals surface area (Å²) in [5.41, 5.74) is -0.993. The molecule has 28 heavy (non-hydrogen) atoms. The fourth-order valence-corrected chi connectivity index (χ4v) is 3.24. The number of rotatable bonds is 3. The Kier molecular flexibility index (Phi) is 6.54. The third kappa shape index (κ3) is 5.19. The highest BCUT2D eigenvalue weighted by molar-refractivity contribution is 6.30. The van der Waals surface area contributed by atoms with Gasteiger partial charge in [0.2, 0.25) is 0 Å². The van der Waals surface area contributed by atoms with Crippen LogP contribution in [0.2, 0.25) is 5.02 Å². The molecular formula is C17H23ClF3N7. The molecule has 7 nitrogen and oxygen atoms in total. The first kappa shape index (κ1) is 21.0. The van der Waals surface area contributed by atoms with E-state index in [0.717, 1.165) is 50.0 Å². The zero-order valence-electron chi connectivity index (χ0n) is 15.8. The molecule has 0 spiro atoms. The van der Waals surface area contributed by atoms with E-state index in [1.54, 1.807) is 0 Å². The predicted molar refractivity (Wildman–Crippen MR) is 99.4 cm³/mol. The van der Waals surface area contributed by atoms with E-state index in [-0.39, 0.29) is 10.7 Å². The molecule has 1 aromatic carbocycles. The van der Waals surface area contributed by atoms with Crippen LogP contribution in [0.1, 0.15) is 11.4 Å². The molecule has 0 unspecified atom stereocenters. The molecule has 2 aromatic rings. The summed E-state index contributed by atoms with van der Waals surface area (Å²) in [6, 6.07) is 3.60. The molecule has 2 heterocycles. The summed E-state index contributed by atoms with van der Waals surface area (Å²) in [5, 5.41) is 11.4. The monoisotopic (exact) mass is 417 g/mol. The van der Waals surface area contributed by atoms with Crippen molar-refractivity contribution in [1.29, 1.82) is 0 Å². The van der Waals surface area contributed by atoms with E-state index in [4.69, 9.17) is 11.6 Å². The van der Waals surface area contributed by atoms with Crippen LogP contribution >= 0.6 is 11.6 Å².